The van der Waals surface area contributed by atoms with E-state index in [4.69, 9.17) is 13.8 Å². The van der Waals surface area contributed by atoms with Gasteiger partial charge in [0.05, 0.1) is 23.4 Å². The zero-order valence-electron chi connectivity index (χ0n) is 47.1. The molecule has 0 amide bonds. The van der Waals surface area contributed by atoms with Crippen LogP contribution in [0, 0.1) is 12.1 Å². The van der Waals surface area contributed by atoms with E-state index >= 15 is 0 Å². The van der Waals surface area contributed by atoms with Crippen molar-refractivity contribution in [2.24, 2.45) is 0 Å². The summed E-state index contributed by atoms with van der Waals surface area (Å²) >= 11 is 0. The van der Waals surface area contributed by atoms with Crippen LogP contribution in [0.1, 0.15) is 55.4 Å². The van der Waals surface area contributed by atoms with Crippen molar-refractivity contribution in [1.29, 1.82) is 0 Å². The molecule has 3 heterocycles. The van der Waals surface area contributed by atoms with Crippen LogP contribution in [0.25, 0.3) is 72.1 Å². The second-order valence-corrected chi connectivity index (χ2v) is 20.7. The minimum atomic E-state index is -0.540. The van der Waals surface area contributed by atoms with Crippen LogP contribution < -0.4 is 13.9 Å². The molecule has 15 rings (SSSR count). The average molecular weight is 1170 g/mol. The molecule has 0 saturated heterocycles. The number of nitrogens with zero attached hydrogens (tertiary/aromatic N) is 4. The molecule has 0 unspecified atom stereocenters. The topological polar surface area (TPSA) is 33.1 Å². The Kier molecular flexibility index (Phi) is 9.56. The van der Waals surface area contributed by atoms with Crippen LogP contribution in [-0.2, 0) is 31.9 Å². The summed E-state index contributed by atoms with van der Waals surface area (Å²) in [6, 6.07) is 77.9. The summed E-state index contributed by atoms with van der Waals surface area (Å²) in [5.74, 6) is 1.76. The monoisotopic (exact) mass is 1170 g/mol. The molecule has 1 spiro atoms. The van der Waals surface area contributed by atoms with Crippen LogP contribution in [0.5, 0.6) is 11.5 Å². The van der Waals surface area contributed by atoms with Crippen LogP contribution in [0.4, 0.5) is 22.7 Å². The Labute approximate surface area is 469 Å². The standard InChI is InChI=1S/C71H48N4O.Pt/c1-70(2,3)48-39-40-72-68(42-48)75-64-32-14-10-26-57(64)58-37-36-51(44-67(58)75)76-50-22-17-21-49(43-50)73-45-74(66-34-16-15-33-65(66)73)69-52(46-19-5-4-6-20-46)27-18-28-53(69)47-35-38-63-59(41-47)56-25-9-13-31-62(56)71(63)60-29-11-7-23-54(60)55-24-8-12-30-61(55)71;/h4-42H,1-3H3;/q;+2/i4D,5D,6D,19D,20D;. The SMILES string of the molecule is [2H]c1c([2H])c([2H])c(-c2cccc(-c3ccc4c(c3)-c3ccccc3C43c4ccccc4-c4ccccc43)c2[N+]2=C=[N+](c3[c-]c(Oc4[c-]c5c(cc4)c4ccccc4n5-c4cc(C(C)(C)C)ccn4)ccc3)c3ccccc32)c([2H])c1[2H].[Pt+2]. The molecular weight excluding hydrogens is 1120 g/mol. The number of benzene rings is 10. The van der Waals surface area contributed by atoms with E-state index in [1.807, 2.05) is 94.2 Å². The number of fused-ring (bicyclic) bond motifs is 14. The first-order valence-electron chi connectivity index (χ1n) is 28.1. The molecular formula is C71H48N4OPt+2. The molecule has 5 nitrogen and oxygen atoms in total. The largest absolute Gasteiger partial charge is 2.00 e. The summed E-state index contributed by atoms with van der Waals surface area (Å²) in [5.41, 5.74) is 17.0. The smallest absolute Gasteiger partial charge is 0.509 e. The molecule has 0 bridgehead atoms. The van der Waals surface area contributed by atoms with Gasteiger partial charge in [0, 0.05) is 35.3 Å². The third-order valence-electron chi connectivity index (χ3n) is 15.5. The van der Waals surface area contributed by atoms with Crippen LogP contribution in [0.15, 0.2) is 237 Å². The van der Waals surface area contributed by atoms with Crippen molar-refractivity contribution in [3.05, 3.63) is 277 Å². The minimum absolute atomic E-state index is 0. The Bertz CT molecular complexity index is 4730. The van der Waals surface area contributed by atoms with Gasteiger partial charge in [-0.3, -0.25) is 0 Å². The Balaban J connectivity index is 0.00000602. The second-order valence-electron chi connectivity index (χ2n) is 20.7. The molecule has 366 valence electrons. The molecule has 3 aliphatic rings. The van der Waals surface area contributed by atoms with Crippen molar-refractivity contribution < 1.29 is 32.7 Å². The molecule has 0 saturated carbocycles. The van der Waals surface area contributed by atoms with Gasteiger partial charge in [-0.2, -0.15) is 12.1 Å². The van der Waals surface area contributed by atoms with Crippen LogP contribution in [0.2, 0.25) is 0 Å². The summed E-state index contributed by atoms with van der Waals surface area (Å²) in [7, 11) is 0. The zero-order valence-corrected chi connectivity index (χ0v) is 44.4. The molecule has 0 N–H and O–H groups in total. The number of aromatic nitrogens is 2. The molecule has 12 aromatic rings. The Morgan fingerprint density at radius 1 is 0.532 bits per heavy atom. The van der Waals surface area contributed by atoms with Gasteiger partial charge in [-0.1, -0.05) is 195 Å². The summed E-state index contributed by atoms with van der Waals surface area (Å²) in [5, 5.41) is 2.11. The maximum absolute atomic E-state index is 9.35. The first-order valence-corrected chi connectivity index (χ1v) is 25.6. The van der Waals surface area contributed by atoms with E-state index in [2.05, 4.69) is 165 Å². The third kappa shape index (κ3) is 7.08. The van der Waals surface area contributed by atoms with Gasteiger partial charge in [0.25, 0.3) is 11.4 Å². The number of para-hydroxylation sites is 4. The first-order chi connectivity index (χ1) is 39.4. The van der Waals surface area contributed by atoms with E-state index in [-0.39, 0.29) is 44.1 Å². The molecule has 0 fully saturated rings. The maximum atomic E-state index is 9.35. The predicted molar refractivity (Wildman–Crippen MR) is 309 cm³/mol. The summed E-state index contributed by atoms with van der Waals surface area (Å²) in [4.78, 5) is 4.86. The van der Waals surface area contributed by atoms with Crippen LogP contribution >= 0.6 is 0 Å². The molecule has 2 aliphatic carbocycles. The number of ether oxygens (including phenoxy) is 1. The van der Waals surface area contributed by atoms with E-state index in [1.54, 1.807) is 0 Å². The second kappa shape index (κ2) is 17.8. The van der Waals surface area contributed by atoms with Gasteiger partial charge >= 0.3 is 27.1 Å². The van der Waals surface area contributed by atoms with E-state index in [0.717, 1.165) is 61.3 Å². The van der Waals surface area contributed by atoms with Gasteiger partial charge in [-0.15, -0.1) is 23.6 Å². The first kappa shape index (κ1) is 41.3. The number of rotatable bonds is 7. The Morgan fingerprint density at radius 3 is 1.86 bits per heavy atom. The van der Waals surface area contributed by atoms with Gasteiger partial charge in [-0.05, 0) is 113 Å². The quantitative estimate of drug-likeness (QED) is 0.118. The van der Waals surface area contributed by atoms with Crippen molar-refractivity contribution in [2.75, 3.05) is 0 Å². The zero-order chi connectivity index (χ0) is 55.1. The fourth-order valence-corrected chi connectivity index (χ4v) is 12.2. The summed E-state index contributed by atoms with van der Waals surface area (Å²) in [6.07, 6.45) is 1.87. The molecule has 1 aliphatic heterocycles. The van der Waals surface area contributed by atoms with Crippen LogP contribution in [-0.4, -0.2) is 15.6 Å². The Hall–Kier alpha value is -8.98. The van der Waals surface area contributed by atoms with E-state index in [1.165, 1.54) is 38.9 Å². The van der Waals surface area contributed by atoms with Crippen molar-refractivity contribution >= 4 is 50.6 Å². The predicted octanol–water partition coefficient (Wildman–Crippen LogP) is 17.4. The van der Waals surface area contributed by atoms with E-state index < -0.39 is 23.5 Å². The van der Waals surface area contributed by atoms with Crippen molar-refractivity contribution in [3.63, 3.8) is 0 Å². The van der Waals surface area contributed by atoms with Crippen molar-refractivity contribution in [1.82, 2.24) is 18.7 Å². The normalized spacial score (nSPS) is 14.2. The van der Waals surface area contributed by atoms with Gasteiger partial charge in [0.1, 0.15) is 11.5 Å². The van der Waals surface area contributed by atoms with Gasteiger partial charge < -0.3 is 9.30 Å². The number of hydrogen-bond acceptors (Lipinski definition) is 2. The van der Waals surface area contributed by atoms with E-state index in [9.17, 15) is 2.74 Å². The molecule has 77 heavy (non-hydrogen) atoms. The van der Waals surface area contributed by atoms with Gasteiger partial charge in [0.15, 0.2) is 0 Å². The number of hydrogen-bond donors (Lipinski definition) is 0. The molecule has 2 aromatic heterocycles. The summed E-state index contributed by atoms with van der Waals surface area (Å²) < 4.78 is 57.7. The minimum Gasteiger partial charge on any atom is -0.509 e. The fraction of sp³-hybridized carbons (Fsp3) is 0.0704. The average Bonchev–Trinajstić information content (AvgIpc) is 1.63. The van der Waals surface area contributed by atoms with Crippen LogP contribution in [0.3, 0.4) is 0 Å². The fourth-order valence-electron chi connectivity index (χ4n) is 12.2. The third-order valence-corrected chi connectivity index (χ3v) is 15.5. The van der Waals surface area contributed by atoms with Gasteiger partial charge in [-0.25, -0.2) is 4.98 Å². The van der Waals surface area contributed by atoms with Gasteiger partial charge in [0.2, 0.25) is 5.69 Å². The molecule has 10 aromatic carbocycles. The van der Waals surface area contributed by atoms with Crippen molar-refractivity contribution in [2.45, 2.75) is 31.6 Å². The molecule has 0 radical (unpaired) electrons. The molecule has 6 heteroatoms. The van der Waals surface area contributed by atoms with Crippen molar-refractivity contribution in [3.8, 4) is 61.8 Å². The Morgan fingerprint density at radius 2 is 1.13 bits per heavy atom. The maximum Gasteiger partial charge on any atom is 2.00 e. The van der Waals surface area contributed by atoms with E-state index in [0.29, 0.717) is 28.4 Å². The molecule has 0 atom stereocenters. The summed E-state index contributed by atoms with van der Waals surface area (Å²) in [6.45, 7) is 6.60. The number of pyridine rings is 1.